The Morgan fingerprint density at radius 2 is 1.75 bits per heavy atom. The lowest BCUT2D eigenvalue weighted by Crippen LogP contribution is -2.66. The van der Waals surface area contributed by atoms with Crippen LogP contribution in [0.5, 0.6) is 0 Å². The first-order chi connectivity index (χ1) is 7.28. The zero-order valence-electron chi connectivity index (χ0n) is 10.5. The van der Waals surface area contributed by atoms with Crippen LogP contribution in [-0.2, 0) is 5.41 Å². The predicted octanol–water partition coefficient (Wildman–Crippen LogP) is 1.31. The average molecular weight is 220 g/mol. The molecule has 4 heteroatoms. The van der Waals surface area contributed by atoms with Crippen molar-refractivity contribution in [3.8, 4) is 0 Å². The van der Waals surface area contributed by atoms with Crippen molar-refractivity contribution in [3.05, 3.63) is 18.0 Å². The Balaban J connectivity index is 2.10. The van der Waals surface area contributed by atoms with Crippen LogP contribution in [0.15, 0.2) is 12.4 Å². The van der Waals surface area contributed by atoms with Gasteiger partial charge in [-0.05, 0) is 17.9 Å². The van der Waals surface area contributed by atoms with Crippen molar-refractivity contribution < 1.29 is 0 Å². The SMILES string of the molecule is CC1(N)CN(c2ncc(C(C)(C)C)cn2)C1. The number of hydrogen-bond donors (Lipinski definition) is 1. The van der Waals surface area contributed by atoms with Gasteiger partial charge in [0.15, 0.2) is 0 Å². The van der Waals surface area contributed by atoms with Gasteiger partial charge in [0.25, 0.3) is 0 Å². The second-order valence-electron chi connectivity index (χ2n) is 6.03. The lowest BCUT2D eigenvalue weighted by molar-refractivity contribution is 0.359. The fourth-order valence-corrected chi connectivity index (χ4v) is 1.84. The Morgan fingerprint density at radius 1 is 1.25 bits per heavy atom. The fraction of sp³-hybridized carbons (Fsp3) is 0.667. The summed E-state index contributed by atoms with van der Waals surface area (Å²) in [4.78, 5) is 10.9. The van der Waals surface area contributed by atoms with E-state index in [1.54, 1.807) is 0 Å². The highest BCUT2D eigenvalue weighted by molar-refractivity contribution is 5.38. The Hall–Kier alpha value is -1.16. The van der Waals surface area contributed by atoms with Crippen LogP contribution in [-0.4, -0.2) is 28.6 Å². The van der Waals surface area contributed by atoms with Gasteiger partial charge in [0.05, 0.1) is 0 Å². The van der Waals surface area contributed by atoms with Gasteiger partial charge in [-0.1, -0.05) is 20.8 Å². The molecule has 0 aliphatic carbocycles. The molecule has 1 aromatic rings. The third-order valence-corrected chi connectivity index (χ3v) is 2.89. The smallest absolute Gasteiger partial charge is 0.225 e. The zero-order valence-corrected chi connectivity index (χ0v) is 10.5. The molecule has 4 nitrogen and oxygen atoms in total. The summed E-state index contributed by atoms with van der Waals surface area (Å²) in [5.74, 6) is 0.788. The molecule has 0 atom stereocenters. The number of anilines is 1. The van der Waals surface area contributed by atoms with Crippen LogP contribution >= 0.6 is 0 Å². The Morgan fingerprint density at radius 3 is 2.12 bits per heavy atom. The van der Waals surface area contributed by atoms with Crippen LogP contribution in [0.4, 0.5) is 5.95 Å². The van der Waals surface area contributed by atoms with Crippen molar-refractivity contribution >= 4 is 5.95 Å². The van der Waals surface area contributed by atoms with Crippen molar-refractivity contribution in [1.29, 1.82) is 0 Å². The summed E-state index contributed by atoms with van der Waals surface area (Å²) in [6.07, 6.45) is 3.82. The number of hydrogen-bond acceptors (Lipinski definition) is 4. The van der Waals surface area contributed by atoms with Crippen molar-refractivity contribution in [2.45, 2.75) is 38.6 Å². The molecule has 0 unspecified atom stereocenters. The molecule has 1 aliphatic heterocycles. The molecule has 2 N–H and O–H groups in total. The molecule has 1 aliphatic rings. The number of nitrogens with zero attached hydrogens (tertiary/aromatic N) is 3. The molecule has 1 aromatic heterocycles. The summed E-state index contributed by atoms with van der Waals surface area (Å²) in [6.45, 7) is 10.2. The normalized spacial score (nSPS) is 19.4. The molecule has 0 saturated carbocycles. The van der Waals surface area contributed by atoms with E-state index in [1.165, 1.54) is 0 Å². The monoisotopic (exact) mass is 220 g/mol. The lowest BCUT2D eigenvalue weighted by Gasteiger charge is -2.45. The number of nitrogens with two attached hydrogens (primary N) is 1. The van der Waals surface area contributed by atoms with Crippen molar-refractivity contribution in [1.82, 2.24) is 9.97 Å². The maximum Gasteiger partial charge on any atom is 0.225 e. The van der Waals surface area contributed by atoms with Crippen LogP contribution in [0.3, 0.4) is 0 Å². The third-order valence-electron chi connectivity index (χ3n) is 2.89. The quantitative estimate of drug-likeness (QED) is 0.775. The molecule has 0 amide bonds. The predicted molar refractivity (Wildman–Crippen MR) is 65.5 cm³/mol. The molecular weight excluding hydrogens is 200 g/mol. The molecule has 2 rings (SSSR count). The third kappa shape index (κ3) is 2.16. The van der Waals surface area contributed by atoms with Crippen LogP contribution in [0, 0.1) is 0 Å². The van der Waals surface area contributed by atoms with Crippen molar-refractivity contribution in [2.24, 2.45) is 5.73 Å². The van der Waals surface area contributed by atoms with Gasteiger partial charge in [-0.2, -0.15) is 0 Å². The van der Waals surface area contributed by atoms with E-state index in [9.17, 15) is 0 Å². The fourth-order valence-electron chi connectivity index (χ4n) is 1.84. The van der Waals surface area contributed by atoms with Gasteiger partial charge in [0.2, 0.25) is 5.95 Å². The van der Waals surface area contributed by atoms with Gasteiger partial charge in [-0.25, -0.2) is 9.97 Å². The molecule has 1 fully saturated rings. The minimum Gasteiger partial charge on any atom is -0.337 e. The largest absolute Gasteiger partial charge is 0.337 e. The van der Waals surface area contributed by atoms with Gasteiger partial charge < -0.3 is 10.6 Å². The van der Waals surface area contributed by atoms with Gasteiger partial charge in [0.1, 0.15) is 0 Å². The molecule has 0 aromatic carbocycles. The van der Waals surface area contributed by atoms with Gasteiger partial charge in [-0.3, -0.25) is 0 Å². The Kier molecular flexibility index (Phi) is 2.42. The van der Waals surface area contributed by atoms with E-state index in [0.29, 0.717) is 0 Å². The maximum atomic E-state index is 5.95. The van der Waals surface area contributed by atoms with E-state index in [0.717, 1.165) is 24.6 Å². The average Bonchev–Trinajstić information content (AvgIpc) is 2.13. The molecular formula is C12H20N4. The summed E-state index contributed by atoms with van der Waals surface area (Å²) in [5.41, 5.74) is 7.14. The lowest BCUT2D eigenvalue weighted by atomic mass is 9.89. The highest BCUT2D eigenvalue weighted by Crippen LogP contribution is 2.24. The van der Waals surface area contributed by atoms with Crippen molar-refractivity contribution in [2.75, 3.05) is 18.0 Å². The molecule has 2 heterocycles. The van der Waals surface area contributed by atoms with E-state index >= 15 is 0 Å². The topological polar surface area (TPSA) is 55.0 Å². The second kappa shape index (κ2) is 3.42. The first-order valence-electron chi connectivity index (χ1n) is 5.64. The summed E-state index contributed by atoms with van der Waals surface area (Å²) >= 11 is 0. The Labute approximate surface area is 96.9 Å². The van der Waals surface area contributed by atoms with E-state index in [4.69, 9.17) is 5.73 Å². The van der Waals surface area contributed by atoms with E-state index in [2.05, 4.69) is 35.6 Å². The highest BCUT2D eigenvalue weighted by Gasteiger charge is 2.36. The van der Waals surface area contributed by atoms with Gasteiger partial charge in [0, 0.05) is 31.0 Å². The molecule has 88 valence electrons. The molecule has 0 radical (unpaired) electrons. The minimum absolute atomic E-state index is 0.0773. The van der Waals surface area contributed by atoms with E-state index in [-0.39, 0.29) is 11.0 Å². The summed E-state index contributed by atoms with van der Waals surface area (Å²) in [6, 6.07) is 0. The van der Waals surface area contributed by atoms with E-state index < -0.39 is 0 Å². The highest BCUT2D eigenvalue weighted by atomic mass is 15.3. The number of aromatic nitrogens is 2. The first-order valence-corrected chi connectivity index (χ1v) is 5.64. The molecule has 0 spiro atoms. The minimum atomic E-state index is -0.0773. The van der Waals surface area contributed by atoms with Crippen LogP contribution < -0.4 is 10.6 Å². The summed E-state index contributed by atoms with van der Waals surface area (Å²) < 4.78 is 0. The van der Waals surface area contributed by atoms with Crippen molar-refractivity contribution in [3.63, 3.8) is 0 Å². The zero-order chi connectivity index (χ0) is 12.0. The second-order valence-corrected chi connectivity index (χ2v) is 6.03. The molecule has 1 saturated heterocycles. The summed E-state index contributed by atoms with van der Waals surface area (Å²) in [5, 5.41) is 0. The summed E-state index contributed by atoms with van der Waals surface area (Å²) in [7, 11) is 0. The molecule has 0 bridgehead atoms. The van der Waals surface area contributed by atoms with E-state index in [1.807, 2.05) is 19.3 Å². The standard InChI is InChI=1S/C12H20N4/c1-11(2,3)9-5-14-10(15-6-9)16-7-12(4,13)8-16/h5-6H,7-8,13H2,1-4H3. The Bertz CT molecular complexity index is 367. The van der Waals surface area contributed by atoms with Crippen LogP contribution in [0.2, 0.25) is 0 Å². The maximum absolute atomic E-state index is 5.95. The van der Waals surface area contributed by atoms with Crippen LogP contribution in [0.1, 0.15) is 33.3 Å². The van der Waals surface area contributed by atoms with Crippen LogP contribution in [0.25, 0.3) is 0 Å². The van der Waals surface area contributed by atoms with Gasteiger partial charge in [-0.15, -0.1) is 0 Å². The molecule has 16 heavy (non-hydrogen) atoms. The first kappa shape index (κ1) is 11.3. The number of rotatable bonds is 1. The van der Waals surface area contributed by atoms with Gasteiger partial charge >= 0.3 is 0 Å².